The topological polar surface area (TPSA) is 85.0 Å². The second kappa shape index (κ2) is 12.8. The molecule has 0 aliphatic carbocycles. The molecule has 0 N–H and O–H groups in total. The van der Waals surface area contributed by atoms with Gasteiger partial charge in [-0.2, -0.15) is 4.99 Å². The smallest absolute Gasteiger partial charge is 0.406 e. The Balaban J connectivity index is 1.25. The van der Waals surface area contributed by atoms with Gasteiger partial charge < -0.3 is 9.64 Å². The van der Waals surface area contributed by atoms with E-state index in [1.165, 1.54) is 40.8 Å². The second-order valence-electron chi connectivity index (χ2n) is 9.81. The van der Waals surface area contributed by atoms with Gasteiger partial charge >= 0.3 is 12.4 Å². The molecule has 43 heavy (non-hydrogen) atoms. The van der Waals surface area contributed by atoms with Gasteiger partial charge in [0.1, 0.15) is 12.1 Å². The molecule has 2 heterocycles. The summed E-state index contributed by atoms with van der Waals surface area (Å²) in [4.78, 5) is 27.9. The van der Waals surface area contributed by atoms with Crippen LogP contribution in [-0.2, 0) is 6.42 Å². The predicted octanol–water partition coefficient (Wildman–Crippen LogP) is 7.69. The number of halogens is 3. The molecule has 12 heteroatoms. The maximum atomic E-state index is 12.8. The number of anilines is 1. The van der Waals surface area contributed by atoms with E-state index in [0.29, 0.717) is 22.4 Å². The number of amidine groups is 1. The van der Waals surface area contributed by atoms with Gasteiger partial charge in [0, 0.05) is 35.2 Å². The van der Waals surface area contributed by atoms with E-state index in [-0.39, 0.29) is 11.7 Å². The van der Waals surface area contributed by atoms with Crippen molar-refractivity contribution in [2.45, 2.75) is 39.5 Å². The number of urea groups is 1. The Morgan fingerprint density at radius 1 is 1.07 bits per heavy atom. The number of ether oxygens (including phenoxy) is 1. The molecule has 5 rings (SSSR count). The molecule has 0 bridgehead atoms. The molecular weight excluding hydrogens is 577 g/mol. The van der Waals surface area contributed by atoms with E-state index in [4.69, 9.17) is 0 Å². The zero-order valence-electron chi connectivity index (χ0n) is 23.7. The number of carbonyl (C=O) groups excluding carboxylic acids is 1. The normalized spacial score (nSPS) is 15.6. The number of carbonyl (C=O) groups is 1. The second-order valence-corrected chi connectivity index (χ2v) is 10.9. The van der Waals surface area contributed by atoms with Gasteiger partial charge in [-0.05, 0) is 54.8 Å². The lowest BCUT2D eigenvalue weighted by Crippen LogP contribution is -2.25. The standard InChI is InChI=1S/C31H29F3N6O2S/c1-4-22-7-5-6-8-27(22)39-17-18-43-30(39)37-29(41)36-21(3)20(2)23-9-11-24(12-10-23)28-35-19-40(38-28)25-13-15-26(16-14-25)42-31(32,33)34/h5-16,19-20H,4,17-18H2,1-3H3. The average Bonchev–Trinajstić information content (AvgIpc) is 3.67. The first kappa shape index (κ1) is 30.0. The summed E-state index contributed by atoms with van der Waals surface area (Å²) in [5, 5.41) is 5.11. The van der Waals surface area contributed by atoms with Crippen LogP contribution in [0.4, 0.5) is 23.7 Å². The fourth-order valence-corrected chi connectivity index (χ4v) is 5.57. The summed E-state index contributed by atoms with van der Waals surface area (Å²) < 4.78 is 42.6. The van der Waals surface area contributed by atoms with Gasteiger partial charge in [0.25, 0.3) is 0 Å². The highest BCUT2D eigenvalue weighted by atomic mass is 32.2. The van der Waals surface area contributed by atoms with E-state index in [1.54, 1.807) is 11.8 Å². The Hall–Kier alpha value is -4.45. The maximum Gasteiger partial charge on any atom is 0.573 e. The number of aromatic nitrogens is 3. The van der Waals surface area contributed by atoms with Gasteiger partial charge in [0.2, 0.25) is 0 Å². The third-order valence-electron chi connectivity index (χ3n) is 7.03. The molecule has 0 radical (unpaired) electrons. The molecule has 1 saturated heterocycles. The van der Waals surface area contributed by atoms with E-state index in [9.17, 15) is 18.0 Å². The fourth-order valence-electron chi connectivity index (χ4n) is 4.63. The number of hydrogen-bond acceptors (Lipinski definition) is 5. The minimum Gasteiger partial charge on any atom is -0.406 e. The van der Waals surface area contributed by atoms with Crippen molar-refractivity contribution >= 4 is 34.4 Å². The van der Waals surface area contributed by atoms with Crippen LogP contribution in [0.25, 0.3) is 17.1 Å². The van der Waals surface area contributed by atoms with Gasteiger partial charge in [-0.1, -0.05) is 68.1 Å². The lowest BCUT2D eigenvalue weighted by molar-refractivity contribution is -0.274. The van der Waals surface area contributed by atoms with E-state index < -0.39 is 12.4 Å². The molecular formula is C31H29F3N6O2S. The van der Waals surface area contributed by atoms with Crippen LogP contribution < -0.4 is 9.64 Å². The van der Waals surface area contributed by atoms with Crippen molar-refractivity contribution in [3.8, 4) is 22.8 Å². The zero-order valence-corrected chi connectivity index (χ0v) is 24.6. The molecule has 1 atom stereocenters. The van der Waals surface area contributed by atoms with Crippen molar-refractivity contribution in [3.05, 3.63) is 90.3 Å². The van der Waals surface area contributed by atoms with Gasteiger partial charge in [-0.15, -0.1) is 18.3 Å². The minimum atomic E-state index is -4.75. The van der Waals surface area contributed by atoms with Crippen LogP contribution >= 0.6 is 11.8 Å². The Morgan fingerprint density at radius 2 is 1.79 bits per heavy atom. The number of rotatable bonds is 7. The van der Waals surface area contributed by atoms with E-state index in [0.717, 1.165) is 35.5 Å². The number of aliphatic imine (C=N–C) groups is 2. The first-order valence-electron chi connectivity index (χ1n) is 13.7. The Labute approximate surface area is 251 Å². The molecule has 4 aromatic rings. The molecule has 1 unspecified atom stereocenters. The van der Waals surface area contributed by atoms with Gasteiger partial charge in [0.15, 0.2) is 11.0 Å². The van der Waals surface area contributed by atoms with Crippen LogP contribution in [0.3, 0.4) is 0 Å². The highest BCUT2D eigenvalue weighted by Gasteiger charge is 2.31. The quantitative estimate of drug-likeness (QED) is 0.201. The van der Waals surface area contributed by atoms with Gasteiger partial charge in [-0.25, -0.2) is 19.5 Å². The van der Waals surface area contributed by atoms with Crippen LogP contribution in [0, 0.1) is 0 Å². The van der Waals surface area contributed by atoms with Crippen molar-refractivity contribution in [3.63, 3.8) is 0 Å². The lowest BCUT2D eigenvalue weighted by atomic mass is 9.96. The first-order chi connectivity index (χ1) is 20.6. The monoisotopic (exact) mass is 606 g/mol. The molecule has 222 valence electrons. The number of benzene rings is 3. The lowest BCUT2D eigenvalue weighted by Gasteiger charge is -2.20. The van der Waals surface area contributed by atoms with Gasteiger partial charge in [0.05, 0.1) is 5.69 Å². The molecule has 1 aliphatic rings. The van der Waals surface area contributed by atoms with Crippen LogP contribution in [0.5, 0.6) is 5.75 Å². The molecule has 0 saturated carbocycles. The summed E-state index contributed by atoms with van der Waals surface area (Å²) in [7, 11) is 0. The Morgan fingerprint density at radius 3 is 2.49 bits per heavy atom. The summed E-state index contributed by atoms with van der Waals surface area (Å²) in [6.07, 6.45) is -2.37. The minimum absolute atomic E-state index is 0.130. The van der Waals surface area contributed by atoms with Crippen molar-refractivity contribution in [2.75, 3.05) is 17.2 Å². The molecule has 2 amide bonds. The number of para-hydroxylation sites is 1. The molecule has 1 fully saturated rings. The Bertz CT molecular complexity index is 1650. The fraction of sp³-hybridized carbons (Fsp3) is 0.258. The third kappa shape index (κ3) is 7.31. The zero-order chi connectivity index (χ0) is 30.6. The highest BCUT2D eigenvalue weighted by molar-refractivity contribution is 8.14. The first-order valence-corrected chi connectivity index (χ1v) is 14.6. The summed E-state index contributed by atoms with van der Waals surface area (Å²) in [6.45, 7) is 6.69. The largest absolute Gasteiger partial charge is 0.573 e. The average molecular weight is 607 g/mol. The van der Waals surface area contributed by atoms with Crippen molar-refractivity contribution in [1.29, 1.82) is 0 Å². The summed E-state index contributed by atoms with van der Waals surface area (Å²) in [6, 6.07) is 20.6. The highest BCUT2D eigenvalue weighted by Crippen LogP contribution is 2.29. The van der Waals surface area contributed by atoms with Crippen molar-refractivity contribution in [2.24, 2.45) is 9.98 Å². The van der Waals surface area contributed by atoms with E-state index >= 15 is 0 Å². The number of alkyl halides is 3. The Kier molecular flexibility index (Phi) is 8.95. The maximum absolute atomic E-state index is 12.8. The molecule has 8 nitrogen and oxygen atoms in total. The number of hydrogen-bond donors (Lipinski definition) is 0. The molecule has 1 aromatic heterocycles. The predicted molar refractivity (Wildman–Crippen MR) is 163 cm³/mol. The third-order valence-corrected chi connectivity index (χ3v) is 7.98. The van der Waals surface area contributed by atoms with E-state index in [1.807, 2.05) is 50.2 Å². The summed E-state index contributed by atoms with van der Waals surface area (Å²) in [5.41, 5.74) is 5.17. The SMILES string of the molecule is CCc1ccccc1N1CCSC1=NC(=O)N=C(C)C(C)c1ccc(-c2ncn(-c3ccc(OC(F)(F)F)cc3)n2)cc1. The molecule has 1 aliphatic heterocycles. The van der Waals surface area contributed by atoms with Gasteiger partial charge in [-0.3, -0.25) is 0 Å². The van der Waals surface area contributed by atoms with Crippen molar-refractivity contribution in [1.82, 2.24) is 14.8 Å². The summed E-state index contributed by atoms with van der Waals surface area (Å²) >= 11 is 1.55. The summed E-state index contributed by atoms with van der Waals surface area (Å²) in [5.74, 6) is 0.863. The van der Waals surface area contributed by atoms with Crippen LogP contribution in [0.2, 0.25) is 0 Å². The molecule has 0 spiro atoms. The van der Waals surface area contributed by atoms with Crippen LogP contribution in [0.1, 0.15) is 37.8 Å². The van der Waals surface area contributed by atoms with Crippen LogP contribution in [0.15, 0.2) is 89.1 Å². The number of amides is 2. The van der Waals surface area contributed by atoms with E-state index in [2.05, 4.69) is 48.8 Å². The van der Waals surface area contributed by atoms with Crippen molar-refractivity contribution < 1.29 is 22.7 Å². The molecule has 3 aromatic carbocycles. The number of thioether (sulfide) groups is 1. The van der Waals surface area contributed by atoms with Crippen LogP contribution in [-0.4, -0.2) is 50.3 Å². The number of aryl methyl sites for hydroxylation is 1. The number of nitrogens with zero attached hydrogens (tertiary/aromatic N) is 6.